The number of rotatable bonds is 21. The molecule has 0 spiro atoms. The molecule has 150 valence electrons. The molecular formula is C24H44N2. The third-order valence-corrected chi connectivity index (χ3v) is 4.75. The molecule has 0 bridgehead atoms. The van der Waals surface area contributed by atoms with E-state index in [0.717, 1.165) is 26.2 Å². The molecule has 0 aromatic heterocycles. The average Bonchev–Trinajstić information content (AvgIpc) is 2.63. The summed E-state index contributed by atoms with van der Waals surface area (Å²) >= 11 is 0. The van der Waals surface area contributed by atoms with Crippen LogP contribution in [0.2, 0.25) is 0 Å². The molecule has 0 saturated carbocycles. The van der Waals surface area contributed by atoms with Crippen LogP contribution in [0.4, 0.5) is 0 Å². The molecule has 2 nitrogen and oxygen atoms in total. The van der Waals surface area contributed by atoms with Crippen molar-refractivity contribution in [3.63, 3.8) is 0 Å². The summed E-state index contributed by atoms with van der Waals surface area (Å²) in [5.74, 6) is 0. The fraction of sp³-hybridized carbons (Fsp3) is 0.667. The summed E-state index contributed by atoms with van der Waals surface area (Å²) < 4.78 is 0. The third-order valence-electron chi connectivity index (χ3n) is 4.75. The first-order valence-electron chi connectivity index (χ1n) is 10.7. The molecule has 26 heavy (non-hydrogen) atoms. The summed E-state index contributed by atoms with van der Waals surface area (Å²) in [5.41, 5.74) is 0. The van der Waals surface area contributed by atoms with Crippen LogP contribution in [0.1, 0.15) is 64.2 Å². The van der Waals surface area contributed by atoms with E-state index < -0.39 is 0 Å². The Morgan fingerprint density at radius 2 is 0.615 bits per heavy atom. The van der Waals surface area contributed by atoms with Crippen LogP contribution >= 0.6 is 0 Å². The fourth-order valence-electron chi connectivity index (χ4n) is 3.33. The lowest BCUT2D eigenvalue weighted by atomic mass is 10.1. The van der Waals surface area contributed by atoms with Crippen molar-refractivity contribution < 1.29 is 0 Å². The maximum absolute atomic E-state index is 3.83. The van der Waals surface area contributed by atoms with Gasteiger partial charge in [-0.25, -0.2) is 0 Å². The Bertz CT molecular complexity index is 294. The fourth-order valence-corrected chi connectivity index (χ4v) is 3.33. The van der Waals surface area contributed by atoms with E-state index in [1.807, 2.05) is 24.3 Å². The number of hydrogen-bond donors (Lipinski definition) is 0. The molecule has 0 radical (unpaired) electrons. The van der Waals surface area contributed by atoms with Gasteiger partial charge < -0.3 is 0 Å². The molecule has 0 unspecified atom stereocenters. The van der Waals surface area contributed by atoms with Crippen molar-refractivity contribution in [2.75, 3.05) is 39.3 Å². The zero-order valence-electron chi connectivity index (χ0n) is 17.3. The predicted octanol–water partition coefficient (Wildman–Crippen LogP) is 6.24. The van der Waals surface area contributed by atoms with Gasteiger partial charge in [-0.05, 0) is 25.9 Å². The van der Waals surface area contributed by atoms with E-state index in [1.54, 1.807) is 0 Å². The van der Waals surface area contributed by atoms with Gasteiger partial charge in [0, 0.05) is 26.2 Å². The second kappa shape index (κ2) is 20.2. The lowest BCUT2D eigenvalue weighted by Gasteiger charge is -2.18. The van der Waals surface area contributed by atoms with E-state index in [4.69, 9.17) is 0 Å². The Labute approximate surface area is 164 Å². The van der Waals surface area contributed by atoms with Gasteiger partial charge in [-0.1, -0.05) is 75.7 Å². The van der Waals surface area contributed by atoms with E-state index in [2.05, 4.69) is 36.1 Å². The molecule has 2 heteroatoms. The molecule has 0 amide bonds. The minimum Gasteiger partial charge on any atom is -0.296 e. The summed E-state index contributed by atoms with van der Waals surface area (Å²) in [7, 11) is 0. The largest absolute Gasteiger partial charge is 0.296 e. The zero-order chi connectivity index (χ0) is 19.3. The van der Waals surface area contributed by atoms with Crippen LogP contribution in [-0.4, -0.2) is 49.1 Å². The van der Waals surface area contributed by atoms with Crippen molar-refractivity contribution in [1.29, 1.82) is 0 Å². The molecule has 0 aliphatic carbocycles. The highest BCUT2D eigenvalue weighted by atomic mass is 15.1. The number of nitrogens with zero attached hydrogens (tertiary/aromatic N) is 2. The second-order valence-electron chi connectivity index (χ2n) is 7.21. The predicted molar refractivity (Wildman–Crippen MR) is 120 cm³/mol. The van der Waals surface area contributed by atoms with Crippen LogP contribution in [0.3, 0.4) is 0 Å². The minimum atomic E-state index is 0.977. The Balaban J connectivity index is 3.37. The van der Waals surface area contributed by atoms with Crippen LogP contribution in [0.15, 0.2) is 50.6 Å². The van der Waals surface area contributed by atoms with Gasteiger partial charge in [0.2, 0.25) is 0 Å². The molecule has 0 rings (SSSR count). The zero-order valence-corrected chi connectivity index (χ0v) is 17.3. The van der Waals surface area contributed by atoms with Crippen molar-refractivity contribution in [1.82, 2.24) is 9.80 Å². The van der Waals surface area contributed by atoms with Gasteiger partial charge in [0.05, 0.1) is 0 Å². The summed E-state index contributed by atoms with van der Waals surface area (Å²) in [6.07, 6.45) is 21.6. The van der Waals surface area contributed by atoms with Crippen LogP contribution in [0.25, 0.3) is 0 Å². The molecule has 0 fully saturated rings. The first kappa shape index (κ1) is 24.9. The monoisotopic (exact) mass is 360 g/mol. The van der Waals surface area contributed by atoms with Crippen molar-refractivity contribution in [2.24, 2.45) is 0 Å². The molecule has 0 atom stereocenters. The lowest BCUT2D eigenvalue weighted by Crippen LogP contribution is -2.24. The van der Waals surface area contributed by atoms with Crippen LogP contribution in [-0.2, 0) is 0 Å². The standard InChI is InChI=1S/C24H44N2/c1-5-19-25(20-6-2)23-17-15-13-11-9-10-12-14-16-18-24-26(21-7-3)22-8-4/h5-8H,1-4,9-24H2. The van der Waals surface area contributed by atoms with Crippen molar-refractivity contribution in [3.05, 3.63) is 50.6 Å². The highest BCUT2D eigenvalue weighted by Crippen LogP contribution is 2.11. The Morgan fingerprint density at radius 3 is 0.846 bits per heavy atom. The van der Waals surface area contributed by atoms with Crippen molar-refractivity contribution >= 4 is 0 Å². The first-order chi connectivity index (χ1) is 12.8. The van der Waals surface area contributed by atoms with Gasteiger partial charge in [-0.2, -0.15) is 0 Å². The summed E-state index contributed by atoms with van der Waals surface area (Å²) in [6, 6.07) is 0. The normalized spacial score (nSPS) is 11.0. The van der Waals surface area contributed by atoms with Crippen LogP contribution in [0, 0.1) is 0 Å². The number of hydrogen-bond acceptors (Lipinski definition) is 2. The molecule has 0 heterocycles. The van der Waals surface area contributed by atoms with Crippen LogP contribution in [0.5, 0.6) is 0 Å². The molecular weight excluding hydrogens is 316 g/mol. The van der Waals surface area contributed by atoms with E-state index in [0.29, 0.717) is 0 Å². The summed E-state index contributed by atoms with van der Waals surface area (Å²) in [4.78, 5) is 4.82. The van der Waals surface area contributed by atoms with Gasteiger partial charge >= 0.3 is 0 Å². The number of unbranched alkanes of at least 4 members (excludes halogenated alkanes) is 9. The molecule has 0 aromatic rings. The molecule has 0 aliphatic rings. The van der Waals surface area contributed by atoms with Gasteiger partial charge in [0.1, 0.15) is 0 Å². The van der Waals surface area contributed by atoms with E-state index >= 15 is 0 Å². The highest BCUT2D eigenvalue weighted by molar-refractivity contribution is 4.80. The third kappa shape index (κ3) is 16.4. The maximum Gasteiger partial charge on any atom is 0.0163 e. The lowest BCUT2D eigenvalue weighted by molar-refractivity contribution is 0.323. The minimum absolute atomic E-state index is 0.977. The van der Waals surface area contributed by atoms with Gasteiger partial charge in [-0.15, -0.1) is 26.3 Å². The Morgan fingerprint density at radius 1 is 0.385 bits per heavy atom. The molecule has 0 saturated heterocycles. The van der Waals surface area contributed by atoms with E-state index in [-0.39, 0.29) is 0 Å². The Hall–Kier alpha value is -1.12. The summed E-state index contributed by atoms with van der Waals surface area (Å²) in [6.45, 7) is 21.6. The van der Waals surface area contributed by atoms with Crippen LogP contribution < -0.4 is 0 Å². The SMILES string of the molecule is C=CCN(CC=C)CCCCCCCCCCCCN(CC=C)CC=C. The molecule has 0 N–H and O–H groups in total. The van der Waals surface area contributed by atoms with E-state index in [9.17, 15) is 0 Å². The van der Waals surface area contributed by atoms with Crippen molar-refractivity contribution in [2.45, 2.75) is 64.2 Å². The second-order valence-corrected chi connectivity index (χ2v) is 7.21. The molecule has 0 aromatic carbocycles. The van der Waals surface area contributed by atoms with Gasteiger partial charge in [-0.3, -0.25) is 9.80 Å². The van der Waals surface area contributed by atoms with Gasteiger partial charge in [0.15, 0.2) is 0 Å². The topological polar surface area (TPSA) is 6.48 Å². The van der Waals surface area contributed by atoms with E-state index in [1.165, 1.54) is 77.3 Å². The highest BCUT2D eigenvalue weighted by Gasteiger charge is 2.01. The van der Waals surface area contributed by atoms with Gasteiger partial charge in [0.25, 0.3) is 0 Å². The maximum atomic E-state index is 3.83. The molecule has 0 aliphatic heterocycles. The van der Waals surface area contributed by atoms with Crippen molar-refractivity contribution in [3.8, 4) is 0 Å². The first-order valence-corrected chi connectivity index (χ1v) is 10.7. The average molecular weight is 361 g/mol. The summed E-state index contributed by atoms with van der Waals surface area (Å²) in [5, 5.41) is 0. The Kier molecular flexibility index (Phi) is 19.3. The smallest absolute Gasteiger partial charge is 0.0163 e. The quantitative estimate of drug-likeness (QED) is 0.177.